The maximum Gasteiger partial charge on any atom is 0.355 e. The van der Waals surface area contributed by atoms with Crippen LogP contribution in [0.4, 0.5) is 5.69 Å². The summed E-state index contributed by atoms with van der Waals surface area (Å²) in [5.74, 6) is -1.41. The van der Waals surface area contributed by atoms with Gasteiger partial charge in [-0.2, -0.15) is 0 Å². The van der Waals surface area contributed by atoms with Gasteiger partial charge in [0.05, 0.1) is 36.5 Å². The van der Waals surface area contributed by atoms with Crippen LogP contribution in [0.5, 0.6) is 0 Å². The first-order valence-electron chi connectivity index (χ1n) is 11.2. The zero-order valence-electron chi connectivity index (χ0n) is 19.6. The average Bonchev–Trinajstić information content (AvgIpc) is 3.15. The molecule has 0 atom stereocenters. The molecule has 0 spiro atoms. The van der Waals surface area contributed by atoms with Gasteiger partial charge >= 0.3 is 11.9 Å². The van der Waals surface area contributed by atoms with E-state index >= 15 is 0 Å². The van der Waals surface area contributed by atoms with Crippen molar-refractivity contribution >= 4 is 39.4 Å². The Kier molecular flexibility index (Phi) is 5.96. The number of carbonyl (C=O) groups excluding carboxylic acids is 2. The van der Waals surface area contributed by atoms with Crippen molar-refractivity contribution in [2.45, 2.75) is 0 Å². The highest BCUT2D eigenvalue weighted by Gasteiger charge is 2.28. The molecular weight excluding hydrogens is 456 g/mol. The lowest BCUT2D eigenvalue weighted by atomic mass is 10.00. The molecule has 36 heavy (non-hydrogen) atoms. The van der Waals surface area contributed by atoms with Crippen molar-refractivity contribution in [3.05, 3.63) is 113 Å². The third kappa shape index (κ3) is 3.76. The number of para-hydroxylation sites is 2. The number of aromatic amines is 1. The number of nitrogens with zero attached hydrogens (tertiary/aromatic N) is 1. The monoisotopic (exact) mass is 478 g/mol. The number of methoxy groups -OCH3 is 2. The van der Waals surface area contributed by atoms with Gasteiger partial charge in [0.2, 0.25) is 0 Å². The quantitative estimate of drug-likeness (QED) is 0.334. The SMILES string of the molecule is COC(=O)C1=C(C(=O)OC)N(c2cccc3c(=O)c4cccc(-c5ccccc5)c4[nH]c23)C=CC=C1. The molecule has 1 aliphatic rings. The highest BCUT2D eigenvalue weighted by Crippen LogP contribution is 2.33. The van der Waals surface area contributed by atoms with E-state index in [1.807, 2.05) is 42.5 Å². The van der Waals surface area contributed by atoms with Crippen LogP contribution in [0.2, 0.25) is 0 Å². The average molecular weight is 479 g/mol. The lowest BCUT2D eigenvalue weighted by Crippen LogP contribution is -2.27. The highest BCUT2D eigenvalue weighted by atomic mass is 16.5. The number of fused-ring (bicyclic) bond motifs is 2. The zero-order chi connectivity index (χ0) is 25.2. The van der Waals surface area contributed by atoms with Gasteiger partial charge in [-0.05, 0) is 35.9 Å². The van der Waals surface area contributed by atoms with E-state index in [1.165, 1.54) is 25.2 Å². The lowest BCUT2D eigenvalue weighted by molar-refractivity contribution is -0.139. The van der Waals surface area contributed by atoms with Gasteiger partial charge < -0.3 is 19.4 Å². The Morgan fingerprint density at radius 2 is 1.47 bits per heavy atom. The van der Waals surface area contributed by atoms with Crippen LogP contribution in [-0.2, 0) is 19.1 Å². The van der Waals surface area contributed by atoms with E-state index < -0.39 is 11.9 Å². The molecule has 0 unspecified atom stereocenters. The van der Waals surface area contributed by atoms with Crippen molar-refractivity contribution in [1.29, 1.82) is 0 Å². The van der Waals surface area contributed by atoms with Crippen LogP contribution < -0.4 is 10.3 Å². The van der Waals surface area contributed by atoms with Gasteiger partial charge in [-0.1, -0.05) is 54.6 Å². The summed E-state index contributed by atoms with van der Waals surface area (Å²) >= 11 is 0. The van der Waals surface area contributed by atoms with E-state index in [2.05, 4.69) is 4.98 Å². The molecule has 5 rings (SSSR count). The number of ether oxygens (including phenoxy) is 2. The molecule has 1 aliphatic heterocycles. The molecule has 2 heterocycles. The Labute approximate surface area is 206 Å². The topological polar surface area (TPSA) is 88.7 Å². The fraction of sp³-hybridized carbons (Fsp3) is 0.0690. The van der Waals surface area contributed by atoms with Crippen LogP contribution in [0.25, 0.3) is 32.9 Å². The van der Waals surface area contributed by atoms with Gasteiger partial charge in [0.15, 0.2) is 5.43 Å². The summed E-state index contributed by atoms with van der Waals surface area (Å²) in [6.07, 6.45) is 6.45. The first-order chi connectivity index (χ1) is 17.5. The molecule has 0 radical (unpaired) electrons. The molecule has 7 heteroatoms. The van der Waals surface area contributed by atoms with Gasteiger partial charge in [-0.3, -0.25) is 4.79 Å². The summed E-state index contributed by atoms with van der Waals surface area (Å²) in [4.78, 5) is 44.1. The van der Waals surface area contributed by atoms with Crippen LogP contribution in [0.15, 0.2) is 107 Å². The smallest absolute Gasteiger partial charge is 0.355 e. The number of benzene rings is 3. The molecule has 0 fully saturated rings. The maximum absolute atomic E-state index is 13.6. The van der Waals surface area contributed by atoms with Crippen LogP contribution in [0.3, 0.4) is 0 Å². The number of hydrogen-bond donors (Lipinski definition) is 1. The summed E-state index contributed by atoms with van der Waals surface area (Å²) in [5, 5.41) is 0.993. The number of anilines is 1. The first kappa shape index (κ1) is 22.9. The van der Waals surface area contributed by atoms with E-state index in [0.717, 1.165) is 11.1 Å². The Bertz CT molecular complexity index is 1660. The van der Waals surface area contributed by atoms with Crippen LogP contribution in [0, 0.1) is 0 Å². The molecule has 7 nitrogen and oxygen atoms in total. The minimum atomic E-state index is -0.725. The molecule has 3 aromatic carbocycles. The Balaban J connectivity index is 1.84. The van der Waals surface area contributed by atoms with Gasteiger partial charge in [0, 0.05) is 22.5 Å². The number of H-pyrrole nitrogens is 1. The standard InChI is InChI=1S/C29H22N2O5/c1-35-28(33)22-12-6-7-17-31(26(22)29(34)36-2)23-16-9-15-21-25(23)30-24-19(18-10-4-3-5-11-18)13-8-14-20(24)27(21)32/h3-17H,1-2H3,(H,30,32). The molecule has 1 N–H and O–H groups in total. The normalized spacial score (nSPS) is 13.2. The lowest BCUT2D eigenvalue weighted by Gasteiger charge is -2.24. The molecule has 0 saturated carbocycles. The van der Waals surface area contributed by atoms with Crippen molar-refractivity contribution in [1.82, 2.24) is 4.98 Å². The largest absolute Gasteiger partial charge is 0.465 e. The number of aromatic nitrogens is 1. The minimum absolute atomic E-state index is 0.0273. The minimum Gasteiger partial charge on any atom is -0.465 e. The van der Waals surface area contributed by atoms with Gasteiger partial charge in [-0.15, -0.1) is 0 Å². The summed E-state index contributed by atoms with van der Waals surface area (Å²) in [6, 6.07) is 20.6. The second-order valence-corrected chi connectivity index (χ2v) is 8.06. The third-order valence-corrected chi connectivity index (χ3v) is 6.08. The first-order valence-corrected chi connectivity index (χ1v) is 11.2. The van der Waals surface area contributed by atoms with Gasteiger partial charge in [0.1, 0.15) is 5.70 Å². The van der Waals surface area contributed by atoms with Crippen molar-refractivity contribution in [3.63, 3.8) is 0 Å². The number of carbonyl (C=O) groups is 2. The van der Waals surface area contributed by atoms with Gasteiger partial charge in [0.25, 0.3) is 0 Å². The van der Waals surface area contributed by atoms with E-state index in [1.54, 1.807) is 42.6 Å². The number of hydrogen-bond acceptors (Lipinski definition) is 6. The molecule has 0 aliphatic carbocycles. The highest BCUT2D eigenvalue weighted by molar-refractivity contribution is 6.09. The van der Waals surface area contributed by atoms with E-state index in [0.29, 0.717) is 27.5 Å². The van der Waals surface area contributed by atoms with E-state index in [4.69, 9.17) is 9.47 Å². The molecule has 1 aromatic heterocycles. The Hall–Kier alpha value is -4.91. The van der Waals surface area contributed by atoms with Crippen LogP contribution in [-0.4, -0.2) is 31.1 Å². The van der Waals surface area contributed by atoms with Gasteiger partial charge in [-0.25, -0.2) is 9.59 Å². The predicted octanol–water partition coefficient (Wildman–Crippen LogP) is 4.84. The van der Waals surface area contributed by atoms with Crippen molar-refractivity contribution < 1.29 is 19.1 Å². The molecule has 0 bridgehead atoms. The maximum atomic E-state index is 13.6. The molecule has 0 amide bonds. The Morgan fingerprint density at radius 1 is 0.778 bits per heavy atom. The summed E-state index contributed by atoms with van der Waals surface area (Å²) in [5.41, 5.74) is 3.35. The summed E-state index contributed by atoms with van der Waals surface area (Å²) in [6.45, 7) is 0. The number of allylic oxidation sites excluding steroid dienone is 2. The van der Waals surface area contributed by atoms with Crippen LogP contribution >= 0.6 is 0 Å². The molecular formula is C29H22N2O5. The second kappa shape index (κ2) is 9.38. The van der Waals surface area contributed by atoms with E-state index in [-0.39, 0.29) is 16.7 Å². The number of pyridine rings is 1. The Morgan fingerprint density at radius 3 is 2.19 bits per heavy atom. The second-order valence-electron chi connectivity index (χ2n) is 8.06. The molecule has 4 aromatic rings. The fourth-order valence-corrected chi connectivity index (χ4v) is 4.42. The fourth-order valence-electron chi connectivity index (χ4n) is 4.42. The van der Waals surface area contributed by atoms with Crippen molar-refractivity contribution in [3.8, 4) is 11.1 Å². The summed E-state index contributed by atoms with van der Waals surface area (Å²) in [7, 11) is 2.48. The van der Waals surface area contributed by atoms with Crippen molar-refractivity contribution in [2.75, 3.05) is 19.1 Å². The van der Waals surface area contributed by atoms with E-state index in [9.17, 15) is 14.4 Å². The summed E-state index contributed by atoms with van der Waals surface area (Å²) < 4.78 is 9.93. The number of rotatable bonds is 4. The zero-order valence-corrected chi connectivity index (χ0v) is 19.6. The molecule has 178 valence electrons. The predicted molar refractivity (Wildman–Crippen MR) is 139 cm³/mol. The molecule has 0 saturated heterocycles. The van der Waals surface area contributed by atoms with Crippen LogP contribution in [0.1, 0.15) is 0 Å². The third-order valence-electron chi connectivity index (χ3n) is 6.08. The van der Waals surface area contributed by atoms with Crippen molar-refractivity contribution in [2.24, 2.45) is 0 Å². The number of esters is 2. The number of nitrogens with one attached hydrogen (secondary N) is 1.